The Bertz CT molecular complexity index is 637. The van der Waals surface area contributed by atoms with Crippen LogP contribution in [0.4, 0.5) is 4.39 Å². The number of halogens is 2. The number of hydrogen-bond acceptors (Lipinski definition) is 2. The Kier molecular flexibility index (Phi) is 5.09. The minimum absolute atomic E-state index is 0.0635. The van der Waals surface area contributed by atoms with Gasteiger partial charge in [0.15, 0.2) is 0 Å². The standard InChI is InChI=1S/C16H17BrFN3/c1-21(10-12-6-14(17)8-15(18)7-12)9-11-3-2-4-13(5-11)16(19)20/h2-8H,9-10H2,1H3,(H3,19,20). The van der Waals surface area contributed by atoms with Gasteiger partial charge in [0.1, 0.15) is 11.7 Å². The van der Waals surface area contributed by atoms with E-state index in [0.717, 1.165) is 21.2 Å². The topological polar surface area (TPSA) is 53.1 Å². The first-order valence-corrected chi connectivity index (χ1v) is 7.30. The molecule has 2 aromatic rings. The summed E-state index contributed by atoms with van der Waals surface area (Å²) >= 11 is 3.30. The lowest BCUT2D eigenvalue weighted by Gasteiger charge is -2.17. The fourth-order valence-electron chi connectivity index (χ4n) is 2.22. The highest BCUT2D eigenvalue weighted by atomic mass is 79.9. The molecule has 0 fully saturated rings. The molecule has 0 bridgehead atoms. The van der Waals surface area contributed by atoms with Crippen LogP contribution in [-0.2, 0) is 13.1 Å². The minimum atomic E-state index is -0.244. The quantitative estimate of drug-likeness (QED) is 0.641. The maximum absolute atomic E-state index is 13.4. The summed E-state index contributed by atoms with van der Waals surface area (Å²) in [4.78, 5) is 2.08. The summed E-state index contributed by atoms with van der Waals surface area (Å²) in [5.41, 5.74) is 8.19. The van der Waals surface area contributed by atoms with Gasteiger partial charge < -0.3 is 5.73 Å². The number of rotatable bonds is 5. The molecule has 3 N–H and O–H groups in total. The number of nitrogens with zero attached hydrogens (tertiary/aromatic N) is 1. The van der Waals surface area contributed by atoms with Crippen LogP contribution < -0.4 is 5.73 Å². The molecule has 0 saturated heterocycles. The molecule has 0 aliphatic rings. The monoisotopic (exact) mass is 349 g/mol. The number of hydrogen-bond donors (Lipinski definition) is 2. The van der Waals surface area contributed by atoms with E-state index in [-0.39, 0.29) is 11.7 Å². The molecule has 3 nitrogen and oxygen atoms in total. The molecule has 110 valence electrons. The first-order chi connectivity index (χ1) is 9.94. The van der Waals surface area contributed by atoms with Gasteiger partial charge in [-0.05, 0) is 42.4 Å². The van der Waals surface area contributed by atoms with Crippen molar-refractivity contribution in [1.29, 1.82) is 5.41 Å². The Labute approximate surface area is 132 Å². The van der Waals surface area contributed by atoms with Gasteiger partial charge in [-0.1, -0.05) is 34.1 Å². The van der Waals surface area contributed by atoms with E-state index in [1.165, 1.54) is 12.1 Å². The summed E-state index contributed by atoms with van der Waals surface area (Å²) in [6.07, 6.45) is 0. The van der Waals surface area contributed by atoms with Crippen LogP contribution in [-0.4, -0.2) is 17.8 Å². The predicted octanol–water partition coefficient (Wildman–Crippen LogP) is 3.50. The zero-order valence-electron chi connectivity index (χ0n) is 11.7. The smallest absolute Gasteiger partial charge is 0.124 e. The van der Waals surface area contributed by atoms with Crippen molar-refractivity contribution >= 4 is 21.8 Å². The van der Waals surface area contributed by atoms with Crippen LogP contribution in [0.15, 0.2) is 46.9 Å². The number of nitrogens with one attached hydrogen (secondary N) is 1. The lowest BCUT2D eigenvalue weighted by molar-refractivity contribution is 0.318. The fourth-order valence-corrected chi connectivity index (χ4v) is 2.73. The van der Waals surface area contributed by atoms with E-state index in [1.807, 2.05) is 37.4 Å². The molecule has 0 saturated carbocycles. The second kappa shape index (κ2) is 6.83. The first kappa shape index (κ1) is 15.7. The maximum Gasteiger partial charge on any atom is 0.124 e. The number of nitrogen functional groups attached to an aromatic ring is 1. The second-order valence-corrected chi connectivity index (χ2v) is 5.98. The molecule has 0 atom stereocenters. The van der Waals surface area contributed by atoms with Gasteiger partial charge >= 0.3 is 0 Å². The Morgan fingerprint density at radius 3 is 2.57 bits per heavy atom. The molecular weight excluding hydrogens is 333 g/mol. The van der Waals surface area contributed by atoms with E-state index in [4.69, 9.17) is 11.1 Å². The summed E-state index contributed by atoms with van der Waals surface area (Å²) < 4.78 is 14.1. The molecule has 5 heteroatoms. The summed E-state index contributed by atoms with van der Waals surface area (Å²) in [5, 5.41) is 7.46. The zero-order valence-corrected chi connectivity index (χ0v) is 13.3. The largest absolute Gasteiger partial charge is 0.384 e. The van der Waals surface area contributed by atoms with Crippen LogP contribution in [0, 0.1) is 11.2 Å². The predicted molar refractivity (Wildman–Crippen MR) is 86.7 cm³/mol. The molecule has 2 rings (SSSR count). The van der Waals surface area contributed by atoms with Crippen molar-refractivity contribution in [1.82, 2.24) is 4.90 Å². The van der Waals surface area contributed by atoms with E-state index < -0.39 is 0 Å². The van der Waals surface area contributed by atoms with E-state index >= 15 is 0 Å². The highest BCUT2D eigenvalue weighted by Gasteiger charge is 2.06. The fraction of sp³-hybridized carbons (Fsp3) is 0.188. The number of amidine groups is 1. The summed E-state index contributed by atoms with van der Waals surface area (Å²) in [7, 11) is 1.97. The minimum Gasteiger partial charge on any atom is -0.384 e. The summed E-state index contributed by atoms with van der Waals surface area (Å²) in [6, 6.07) is 12.5. The Morgan fingerprint density at radius 1 is 1.19 bits per heavy atom. The summed E-state index contributed by atoms with van der Waals surface area (Å²) in [6.45, 7) is 1.34. The van der Waals surface area contributed by atoms with Gasteiger partial charge in [0.25, 0.3) is 0 Å². The second-order valence-electron chi connectivity index (χ2n) is 5.06. The third-order valence-corrected chi connectivity index (χ3v) is 3.52. The third-order valence-electron chi connectivity index (χ3n) is 3.07. The highest BCUT2D eigenvalue weighted by molar-refractivity contribution is 9.10. The molecule has 0 radical (unpaired) electrons. The van der Waals surface area contributed by atoms with Crippen LogP contribution in [0.2, 0.25) is 0 Å². The number of benzene rings is 2. The van der Waals surface area contributed by atoms with Gasteiger partial charge in [-0.2, -0.15) is 0 Å². The van der Waals surface area contributed by atoms with E-state index in [1.54, 1.807) is 0 Å². The van der Waals surface area contributed by atoms with Gasteiger partial charge in [-0.3, -0.25) is 10.3 Å². The van der Waals surface area contributed by atoms with Crippen molar-refractivity contribution in [3.8, 4) is 0 Å². The van der Waals surface area contributed by atoms with Crippen molar-refractivity contribution in [2.24, 2.45) is 5.73 Å². The summed E-state index contributed by atoms with van der Waals surface area (Å²) in [5.74, 6) is -0.181. The average molecular weight is 350 g/mol. The lowest BCUT2D eigenvalue weighted by Crippen LogP contribution is -2.18. The average Bonchev–Trinajstić information content (AvgIpc) is 2.37. The van der Waals surface area contributed by atoms with Crippen molar-refractivity contribution in [2.75, 3.05) is 7.05 Å². The van der Waals surface area contributed by atoms with E-state index in [0.29, 0.717) is 13.1 Å². The molecule has 0 amide bonds. The molecule has 0 aromatic heterocycles. The van der Waals surface area contributed by atoms with E-state index in [9.17, 15) is 4.39 Å². The Hall–Kier alpha value is -1.72. The van der Waals surface area contributed by atoms with Crippen LogP contribution in [0.3, 0.4) is 0 Å². The van der Waals surface area contributed by atoms with E-state index in [2.05, 4.69) is 20.8 Å². The lowest BCUT2D eigenvalue weighted by atomic mass is 10.1. The van der Waals surface area contributed by atoms with Gasteiger partial charge in [0.05, 0.1) is 0 Å². The van der Waals surface area contributed by atoms with Crippen molar-refractivity contribution in [3.63, 3.8) is 0 Å². The van der Waals surface area contributed by atoms with Crippen LogP contribution >= 0.6 is 15.9 Å². The van der Waals surface area contributed by atoms with Crippen molar-refractivity contribution < 1.29 is 4.39 Å². The molecule has 0 unspecified atom stereocenters. The molecule has 2 aromatic carbocycles. The molecular formula is C16H17BrFN3. The van der Waals surface area contributed by atoms with Gasteiger partial charge in [-0.25, -0.2) is 4.39 Å². The van der Waals surface area contributed by atoms with Crippen LogP contribution in [0.1, 0.15) is 16.7 Å². The van der Waals surface area contributed by atoms with Crippen molar-refractivity contribution in [3.05, 3.63) is 69.4 Å². The third kappa shape index (κ3) is 4.65. The molecule has 0 aliphatic carbocycles. The molecule has 21 heavy (non-hydrogen) atoms. The van der Waals surface area contributed by atoms with Gasteiger partial charge in [-0.15, -0.1) is 0 Å². The molecule has 0 spiro atoms. The maximum atomic E-state index is 13.4. The SMILES string of the molecule is CN(Cc1cc(F)cc(Br)c1)Cc1cccc(C(=N)N)c1. The molecule has 0 aliphatic heterocycles. The van der Waals surface area contributed by atoms with Crippen LogP contribution in [0.25, 0.3) is 0 Å². The zero-order chi connectivity index (χ0) is 15.4. The van der Waals surface area contributed by atoms with Gasteiger partial charge in [0.2, 0.25) is 0 Å². The Morgan fingerprint density at radius 2 is 1.90 bits per heavy atom. The first-order valence-electron chi connectivity index (χ1n) is 6.51. The Balaban J connectivity index is 2.06. The number of nitrogens with two attached hydrogens (primary N) is 1. The normalized spacial score (nSPS) is 10.9. The highest BCUT2D eigenvalue weighted by Crippen LogP contribution is 2.17. The van der Waals surface area contributed by atoms with Gasteiger partial charge in [0, 0.05) is 23.1 Å². The molecule has 0 heterocycles. The van der Waals surface area contributed by atoms with Crippen LogP contribution in [0.5, 0.6) is 0 Å². The van der Waals surface area contributed by atoms with Crippen molar-refractivity contribution in [2.45, 2.75) is 13.1 Å².